The lowest BCUT2D eigenvalue weighted by atomic mass is 9.85. The first-order valence-electron chi connectivity index (χ1n) is 8.52. The van der Waals surface area contributed by atoms with Gasteiger partial charge in [-0.05, 0) is 39.3 Å². The number of ether oxygens (including phenoxy) is 1. The van der Waals surface area contributed by atoms with Crippen molar-refractivity contribution >= 4 is 22.6 Å². The van der Waals surface area contributed by atoms with Crippen LogP contribution in [0.3, 0.4) is 0 Å². The zero-order chi connectivity index (χ0) is 18.2. The van der Waals surface area contributed by atoms with Gasteiger partial charge < -0.3 is 15.4 Å². The summed E-state index contributed by atoms with van der Waals surface area (Å²) in [6, 6.07) is 14.3. The van der Waals surface area contributed by atoms with Gasteiger partial charge in [0.15, 0.2) is 0 Å². The van der Waals surface area contributed by atoms with Gasteiger partial charge in [-0.1, -0.05) is 24.3 Å². The van der Waals surface area contributed by atoms with E-state index in [1.54, 1.807) is 0 Å². The number of hydrogen-bond acceptors (Lipinski definition) is 4. The van der Waals surface area contributed by atoms with E-state index in [1.165, 1.54) is 0 Å². The van der Waals surface area contributed by atoms with Crippen LogP contribution in [0.2, 0.25) is 0 Å². The lowest BCUT2D eigenvalue weighted by Crippen LogP contribution is -2.44. The highest BCUT2D eigenvalue weighted by Gasteiger charge is 2.43. The van der Waals surface area contributed by atoms with Crippen LogP contribution in [-0.4, -0.2) is 24.3 Å². The summed E-state index contributed by atoms with van der Waals surface area (Å²) < 4.78 is 5.37. The second-order valence-corrected chi connectivity index (χ2v) is 7.14. The van der Waals surface area contributed by atoms with Crippen molar-refractivity contribution in [2.45, 2.75) is 38.8 Å². The van der Waals surface area contributed by atoms with Gasteiger partial charge in [0.2, 0.25) is 0 Å². The lowest BCUT2D eigenvalue weighted by molar-refractivity contribution is -0.00244. The Hall–Kier alpha value is -2.74. The third kappa shape index (κ3) is 3.00. The Kier molecular flexibility index (Phi) is 4.30. The number of primary amides is 1. The van der Waals surface area contributed by atoms with Crippen molar-refractivity contribution in [3.8, 4) is 6.07 Å². The Morgan fingerprint density at radius 3 is 2.60 bits per heavy atom. The average Bonchev–Trinajstić information content (AvgIpc) is 2.95. The number of hydrogen-bond donors (Lipinski definition) is 1. The van der Waals surface area contributed by atoms with Crippen LogP contribution in [0.25, 0.3) is 10.8 Å². The smallest absolute Gasteiger partial charge is 0.405 e. The fourth-order valence-electron chi connectivity index (χ4n) is 4.17. The van der Waals surface area contributed by atoms with Gasteiger partial charge in [-0.2, -0.15) is 5.26 Å². The Balaban J connectivity index is 1.98. The molecular weight excluding hydrogens is 314 g/mol. The summed E-state index contributed by atoms with van der Waals surface area (Å²) in [6.07, 6.45) is 0.176. The molecular formula is C20H23N3O2. The van der Waals surface area contributed by atoms with E-state index in [0.29, 0.717) is 5.56 Å². The van der Waals surface area contributed by atoms with Gasteiger partial charge in [0.25, 0.3) is 0 Å². The van der Waals surface area contributed by atoms with E-state index >= 15 is 0 Å². The molecule has 5 nitrogen and oxygen atoms in total. The van der Waals surface area contributed by atoms with Gasteiger partial charge in [-0.25, -0.2) is 4.79 Å². The third-order valence-corrected chi connectivity index (χ3v) is 5.34. The van der Waals surface area contributed by atoms with Gasteiger partial charge in [-0.15, -0.1) is 0 Å². The van der Waals surface area contributed by atoms with E-state index in [2.05, 4.69) is 24.0 Å². The van der Waals surface area contributed by atoms with Crippen LogP contribution in [0.15, 0.2) is 36.4 Å². The molecule has 0 unspecified atom stereocenters. The van der Waals surface area contributed by atoms with Gasteiger partial charge >= 0.3 is 6.09 Å². The fraction of sp³-hybridized carbons (Fsp3) is 0.400. The van der Waals surface area contributed by atoms with Crippen LogP contribution < -0.4 is 10.6 Å². The van der Waals surface area contributed by atoms with Crippen molar-refractivity contribution in [3.05, 3.63) is 42.0 Å². The number of carbonyl (C=O) groups excluding carboxylic acids is 1. The second-order valence-electron chi connectivity index (χ2n) is 7.14. The molecule has 1 heterocycles. The van der Waals surface area contributed by atoms with Crippen LogP contribution in [0.1, 0.15) is 32.8 Å². The highest BCUT2D eigenvalue weighted by atomic mass is 16.6. The number of rotatable bonds is 3. The first-order chi connectivity index (χ1) is 11.8. The van der Waals surface area contributed by atoms with Gasteiger partial charge in [0.05, 0.1) is 11.6 Å². The molecule has 2 N–H and O–H groups in total. The van der Waals surface area contributed by atoms with Crippen molar-refractivity contribution in [3.63, 3.8) is 0 Å². The van der Waals surface area contributed by atoms with E-state index in [-0.39, 0.29) is 12.0 Å². The van der Waals surface area contributed by atoms with Crippen molar-refractivity contribution in [2.24, 2.45) is 11.7 Å². The largest absolute Gasteiger partial charge is 0.443 e. The molecule has 25 heavy (non-hydrogen) atoms. The van der Waals surface area contributed by atoms with E-state index in [0.717, 1.165) is 29.4 Å². The number of benzene rings is 2. The summed E-state index contributed by atoms with van der Waals surface area (Å²) >= 11 is 0. The molecule has 1 amide bonds. The van der Waals surface area contributed by atoms with E-state index in [1.807, 2.05) is 44.2 Å². The summed E-state index contributed by atoms with van der Waals surface area (Å²) in [5.41, 5.74) is 6.41. The Labute approximate surface area is 148 Å². The van der Waals surface area contributed by atoms with Gasteiger partial charge in [0, 0.05) is 35.0 Å². The highest BCUT2D eigenvalue weighted by molar-refractivity contribution is 5.98. The molecule has 1 fully saturated rings. The normalized spacial score (nSPS) is 20.5. The molecule has 0 radical (unpaired) electrons. The van der Waals surface area contributed by atoms with Gasteiger partial charge in [0.1, 0.15) is 5.60 Å². The molecule has 130 valence electrons. The number of amides is 1. The van der Waals surface area contributed by atoms with Crippen molar-refractivity contribution < 1.29 is 9.53 Å². The van der Waals surface area contributed by atoms with Crippen LogP contribution in [0.5, 0.6) is 0 Å². The second kappa shape index (κ2) is 6.29. The summed E-state index contributed by atoms with van der Waals surface area (Å²) in [5, 5.41) is 11.4. The summed E-state index contributed by atoms with van der Waals surface area (Å²) in [7, 11) is 0. The first kappa shape index (κ1) is 17.1. The molecule has 3 rings (SSSR count). The molecule has 2 atom stereocenters. The topological polar surface area (TPSA) is 79.3 Å². The summed E-state index contributed by atoms with van der Waals surface area (Å²) in [4.78, 5) is 13.6. The first-order valence-corrected chi connectivity index (χ1v) is 8.52. The Morgan fingerprint density at radius 1 is 1.28 bits per heavy atom. The zero-order valence-corrected chi connectivity index (χ0v) is 14.8. The standard InChI is InChI=1S/C20H23N3O2/c1-13-17(20(2,3)25-19(22)24)10-11-23(13)18-9-8-14(12-21)15-6-4-5-7-16(15)18/h4-9,13,17H,10-11H2,1-3H3,(H2,22,24)/t13-,17-/m0/s1. The Morgan fingerprint density at radius 2 is 1.96 bits per heavy atom. The number of nitrogens with zero attached hydrogens (tertiary/aromatic N) is 2. The predicted octanol–water partition coefficient (Wildman–Crippen LogP) is 3.80. The van der Waals surface area contributed by atoms with Crippen LogP contribution in [-0.2, 0) is 4.74 Å². The molecule has 0 bridgehead atoms. The number of nitrogens with two attached hydrogens (primary N) is 1. The zero-order valence-electron chi connectivity index (χ0n) is 14.8. The van der Waals surface area contributed by atoms with E-state index < -0.39 is 11.7 Å². The highest BCUT2D eigenvalue weighted by Crippen LogP contribution is 2.40. The molecule has 2 aromatic rings. The quantitative estimate of drug-likeness (QED) is 0.924. The summed E-state index contributed by atoms with van der Waals surface area (Å²) in [5.74, 6) is 0.175. The number of nitriles is 1. The third-order valence-electron chi connectivity index (χ3n) is 5.34. The molecule has 5 heteroatoms. The van der Waals surface area contributed by atoms with Gasteiger partial charge in [-0.3, -0.25) is 0 Å². The number of fused-ring (bicyclic) bond motifs is 1. The maximum absolute atomic E-state index is 11.2. The summed E-state index contributed by atoms with van der Waals surface area (Å²) in [6.45, 7) is 6.85. The minimum absolute atomic E-state index is 0.175. The van der Waals surface area contributed by atoms with Crippen LogP contribution >= 0.6 is 0 Å². The molecule has 1 aliphatic heterocycles. The van der Waals surface area contributed by atoms with Crippen LogP contribution in [0, 0.1) is 17.2 Å². The monoisotopic (exact) mass is 337 g/mol. The molecule has 1 aliphatic rings. The SMILES string of the molecule is C[C@H]1[C@@H](C(C)(C)OC(N)=O)CCN1c1ccc(C#N)c2ccccc12. The molecule has 0 saturated carbocycles. The van der Waals surface area contributed by atoms with Crippen molar-refractivity contribution in [2.75, 3.05) is 11.4 Å². The number of carbonyl (C=O) groups is 1. The average molecular weight is 337 g/mol. The van der Waals surface area contributed by atoms with E-state index in [9.17, 15) is 10.1 Å². The Bertz CT molecular complexity index is 854. The molecule has 1 saturated heterocycles. The predicted molar refractivity (Wildman–Crippen MR) is 98.3 cm³/mol. The minimum Gasteiger partial charge on any atom is -0.443 e. The molecule has 0 spiro atoms. The molecule has 0 aliphatic carbocycles. The molecule has 2 aromatic carbocycles. The molecule has 0 aromatic heterocycles. The fourth-order valence-corrected chi connectivity index (χ4v) is 4.17. The van der Waals surface area contributed by atoms with E-state index in [4.69, 9.17) is 10.5 Å². The minimum atomic E-state index is -0.737. The van der Waals surface area contributed by atoms with Crippen molar-refractivity contribution in [1.29, 1.82) is 5.26 Å². The lowest BCUT2D eigenvalue weighted by Gasteiger charge is -2.36. The number of anilines is 1. The maximum Gasteiger partial charge on any atom is 0.405 e. The maximum atomic E-state index is 11.2. The van der Waals surface area contributed by atoms with Crippen LogP contribution in [0.4, 0.5) is 10.5 Å². The van der Waals surface area contributed by atoms with Crippen molar-refractivity contribution in [1.82, 2.24) is 0 Å².